The first-order valence-electron chi connectivity index (χ1n) is 10.3. The first-order valence-corrected chi connectivity index (χ1v) is 10.7. The lowest BCUT2D eigenvalue weighted by molar-refractivity contribution is 0.395. The van der Waals surface area contributed by atoms with E-state index in [1.54, 1.807) is 21.3 Å². The van der Waals surface area contributed by atoms with Gasteiger partial charge in [0.15, 0.2) is 0 Å². The lowest BCUT2D eigenvalue weighted by Gasteiger charge is -2.22. The van der Waals surface area contributed by atoms with E-state index >= 15 is 0 Å². The highest BCUT2D eigenvalue weighted by Gasteiger charge is 2.25. The topological polar surface area (TPSA) is 73.6 Å². The van der Waals surface area contributed by atoms with Crippen molar-refractivity contribution < 1.29 is 18.9 Å². The number of nitriles is 1. The normalized spacial score (nSPS) is 12.6. The van der Waals surface area contributed by atoms with Gasteiger partial charge in [0, 0.05) is 11.1 Å². The third-order valence-electron chi connectivity index (χ3n) is 5.76. The van der Waals surface area contributed by atoms with E-state index in [4.69, 9.17) is 30.5 Å². The Morgan fingerprint density at radius 3 is 2.21 bits per heavy atom. The van der Waals surface area contributed by atoms with Crippen LogP contribution in [0.25, 0.3) is 21.9 Å². The number of halogens is 1. The maximum absolute atomic E-state index is 9.96. The zero-order chi connectivity index (χ0) is 23.5. The van der Waals surface area contributed by atoms with E-state index in [9.17, 15) is 5.26 Å². The quantitative estimate of drug-likeness (QED) is 0.467. The second-order valence-corrected chi connectivity index (χ2v) is 7.81. The van der Waals surface area contributed by atoms with Crippen LogP contribution in [0.4, 0.5) is 0 Å². The number of aryl methyl sites for hydroxylation is 1. The molecule has 0 fully saturated rings. The van der Waals surface area contributed by atoms with Crippen molar-refractivity contribution in [3.8, 4) is 40.5 Å². The molecule has 0 aliphatic heterocycles. The Kier molecular flexibility index (Phi) is 6.43. The predicted octanol–water partition coefficient (Wildman–Crippen LogP) is 5.71. The molecule has 6 nitrogen and oxygen atoms in total. The maximum Gasteiger partial charge on any atom is 0.232 e. The van der Waals surface area contributed by atoms with Gasteiger partial charge in [0.05, 0.1) is 39.2 Å². The zero-order valence-electron chi connectivity index (χ0n) is 18.9. The summed E-state index contributed by atoms with van der Waals surface area (Å²) in [5.41, 5.74) is 5.25. The molecule has 1 heterocycles. The van der Waals surface area contributed by atoms with Crippen LogP contribution in [0.2, 0.25) is 0 Å². The van der Waals surface area contributed by atoms with E-state index in [1.165, 1.54) is 7.11 Å². The van der Waals surface area contributed by atoms with Crippen molar-refractivity contribution in [3.63, 3.8) is 0 Å². The van der Waals surface area contributed by atoms with Crippen LogP contribution < -0.4 is 18.9 Å². The van der Waals surface area contributed by atoms with Gasteiger partial charge in [-0.1, -0.05) is 11.6 Å². The summed E-state index contributed by atoms with van der Waals surface area (Å²) in [4.78, 5) is 4.60. The van der Waals surface area contributed by atoms with E-state index in [0.717, 1.165) is 34.4 Å². The molecule has 2 aromatic carbocycles. The van der Waals surface area contributed by atoms with Crippen molar-refractivity contribution in [2.45, 2.75) is 12.8 Å². The zero-order valence-corrected chi connectivity index (χ0v) is 19.6. The molecule has 4 rings (SSSR count). The van der Waals surface area contributed by atoms with Crippen LogP contribution in [0.1, 0.15) is 28.7 Å². The summed E-state index contributed by atoms with van der Waals surface area (Å²) in [5.74, 6) is 2.31. The molecule has 0 spiro atoms. The van der Waals surface area contributed by atoms with Crippen LogP contribution in [0.3, 0.4) is 0 Å². The van der Waals surface area contributed by atoms with Crippen molar-refractivity contribution in [3.05, 3.63) is 64.7 Å². The van der Waals surface area contributed by atoms with Crippen LogP contribution in [-0.2, 0) is 6.42 Å². The number of methoxy groups -OCH3 is 4. The number of benzene rings is 2. The molecular formula is C26H23ClN2O4. The fourth-order valence-electron chi connectivity index (χ4n) is 4.07. The summed E-state index contributed by atoms with van der Waals surface area (Å²) in [7, 11) is 6.34. The second-order valence-electron chi connectivity index (χ2n) is 7.43. The molecule has 33 heavy (non-hydrogen) atoms. The number of aromatic nitrogens is 1. The average Bonchev–Trinajstić information content (AvgIpc) is 2.87. The minimum absolute atomic E-state index is 0.229. The number of ether oxygens (including phenoxy) is 4. The number of allylic oxidation sites excluding steroid dienone is 1. The van der Waals surface area contributed by atoms with Gasteiger partial charge >= 0.3 is 0 Å². The Hall–Kier alpha value is -3.69. The van der Waals surface area contributed by atoms with E-state index in [1.807, 2.05) is 42.5 Å². The molecule has 7 heteroatoms. The monoisotopic (exact) mass is 462 g/mol. The highest BCUT2D eigenvalue weighted by molar-refractivity contribution is 6.53. The lowest BCUT2D eigenvalue weighted by Crippen LogP contribution is -2.06. The highest BCUT2D eigenvalue weighted by Crippen LogP contribution is 2.44. The molecule has 168 valence electrons. The van der Waals surface area contributed by atoms with Crippen molar-refractivity contribution in [2.24, 2.45) is 0 Å². The van der Waals surface area contributed by atoms with Gasteiger partial charge in [0.1, 0.15) is 28.9 Å². The van der Waals surface area contributed by atoms with Crippen LogP contribution in [0.15, 0.2) is 42.5 Å². The number of nitrogens with zero attached hydrogens (tertiary/aromatic N) is 2. The molecule has 1 aliphatic carbocycles. The molecule has 0 radical (unpaired) electrons. The van der Waals surface area contributed by atoms with Crippen LogP contribution in [-0.4, -0.2) is 33.4 Å². The van der Waals surface area contributed by atoms with Crippen molar-refractivity contribution in [1.82, 2.24) is 4.98 Å². The van der Waals surface area contributed by atoms with Gasteiger partial charge in [-0.15, -0.1) is 0 Å². The average molecular weight is 463 g/mol. The summed E-state index contributed by atoms with van der Waals surface area (Å²) in [5, 5.41) is 10.6. The standard InChI is InChI=1S/C26H23ClN2O4/c1-30-16-6-9-18-15(11-16)5-8-19(25(18)27)20-13-23(29-26(33-4)22(20)14-28)21-12-17(31-2)7-10-24(21)32-3/h6-7,9-13H,5,8H2,1-4H3. The molecule has 0 saturated heterocycles. The third kappa shape index (κ3) is 4.08. The summed E-state index contributed by atoms with van der Waals surface area (Å²) in [6.07, 6.45) is 1.43. The van der Waals surface area contributed by atoms with Gasteiger partial charge < -0.3 is 18.9 Å². The Labute approximate surface area is 198 Å². The van der Waals surface area contributed by atoms with Gasteiger partial charge in [0.25, 0.3) is 0 Å². The number of fused-ring (bicyclic) bond motifs is 1. The molecule has 0 bridgehead atoms. The fourth-order valence-corrected chi connectivity index (χ4v) is 4.45. The number of pyridine rings is 1. The minimum Gasteiger partial charge on any atom is -0.497 e. The third-order valence-corrected chi connectivity index (χ3v) is 6.19. The summed E-state index contributed by atoms with van der Waals surface area (Å²) >= 11 is 6.90. The maximum atomic E-state index is 9.96. The lowest BCUT2D eigenvalue weighted by atomic mass is 9.86. The van der Waals surface area contributed by atoms with Crippen molar-refractivity contribution >= 4 is 22.2 Å². The number of hydrogen-bond donors (Lipinski definition) is 0. The van der Waals surface area contributed by atoms with Gasteiger partial charge in [-0.3, -0.25) is 0 Å². The van der Waals surface area contributed by atoms with E-state index < -0.39 is 0 Å². The minimum atomic E-state index is 0.229. The van der Waals surface area contributed by atoms with Gasteiger partial charge in [0.2, 0.25) is 5.88 Å². The van der Waals surface area contributed by atoms with E-state index in [2.05, 4.69) is 11.1 Å². The van der Waals surface area contributed by atoms with Crippen LogP contribution in [0, 0.1) is 11.3 Å². The number of rotatable bonds is 6. The summed E-state index contributed by atoms with van der Waals surface area (Å²) < 4.78 is 21.8. The Bertz CT molecular complexity index is 1290. The Morgan fingerprint density at radius 2 is 1.55 bits per heavy atom. The second kappa shape index (κ2) is 9.43. The predicted molar refractivity (Wildman–Crippen MR) is 128 cm³/mol. The highest BCUT2D eigenvalue weighted by atomic mass is 35.5. The number of hydrogen-bond acceptors (Lipinski definition) is 6. The van der Waals surface area contributed by atoms with Gasteiger partial charge in [-0.2, -0.15) is 5.26 Å². The summed E-state index contributed by atoms with van der Waals surface area (Å²) in [6.45, 7) is 0. The fraction of sp³-hybridized carbons (Fsp3) is 0.231. The van der Waals surface area contributed by atoms with Crippen LogP contribution >= 0.6 is 11.6 Å². The Balaban J connectivity index is 1.95. The van der Waals surface area contributed by atoms with Crippen molar-refractivity contribution in [1.29, 1.82) is 5.26 Å². The molecule has 1 aromatic heterocycles. The van der Waals surface area contributed by atoms with E-state index in [0.29, 0.717) is 39.8 Å². The largest absolute Gasteiger partial charge is 0.497 e. The molecule has 0 saturated carbocycles. The van der Waals surface area contributed by atoms with Gasteiger partial charge in [-0.25, -0.2) is 4.98 Å². The molecule has 0 atom stereocenters. The Morgan fingerprint density at radius 1 is 0.818 bits per heavy atom. The summed E-state index contributed by atoms with van der Waals surface area (Å²) in [6, 6.07) is 15.4. The van der Waals surface area contributed by atoms with Crippen molar-refractivity contribution in [2.75, 3.05) is 28.4 Å². The van der Waals surface area contributed by atoms with E-state index in [-0.39, 0.29) is 5.88 Å². The first-order chi connectivity index (χ1) is 16.0. The molecule has 3 aromatic rings. The smallest absolute Gasteiger partial charge is 0.232 e. The molecule has 0 amide bonds. The first kappa shape index (κ1) is 22.5. The molecule has 0 unspecified atom stereocenters. The molecule has 1 aliphatic rings. The molecular weight excluding hydrogens is 440 g/mol. The van der Waals surface area contributed by atoms with Crippen LogP contribution in [0.5, 0.6) is 23.1 Å². The molecule has 0 N–H and O–H groups in total. The SMILES string of the molecule is COc1ccc2c(c1)CCC(c1cc(-c3cc(OC)ccc3OC)nc(OC)c1C#N)=C2Cl. The van der Waals surface area contributed by atoms with Gasteiger partial charge in [-0.05, 0) is 72.0 Å².